The third-order valence-corrected chi connectivity index (χ3v) is 13.2. The highest BCUT2D eigenvalue weighted by Crippen LogP contribution is 2.63. The second kappa shape index (κ2) is 15.5. The fraction of sp³-hybridized carbons (Fsp3) is 0.500. The van der Waals surface area contributed by atoms with Crippen LogP contribution in [0.1, 0.15) is 164 Å². The third-order valence-electron chi connectivity index (χ3n) is 13.2. The minimum atomic E-state index is -0.959. The van der Waals surface area contributed by atoms with Crippen molar-refractivity contribution < 1.29 is 9.68 Å². The van der Waals surface area contributed by atoms with E-state index in [2.05, 4.69) is 121 Å². The predicted octanol–water partition coefficient (Wildman–Crippen LogP) is 12.3. The molecule has 4 aromatic carbocycles. The van der Waals surface area contributed by atoms with Crippen molar-refractivity contribution in [2.75, 3.05) is 6.61 Å². The Morgan fingerprint density at radius 1 is 0.569 bits per heavy atom. The van der Waals surface area contributed by atoms with E-state index < -0.39 is 12.5 Å². The molecule has 1 spiro atoms. The molecule has 0 amide bonds. The maximum Gasteiger partial charge on any atom is 0.491 e. The zero-order valence-electron chi connectivity index (χ0n) is 33.1. The Balaban J connectivity index is 1.63. The summed E-state index contributed by atoms with van der Waals surface area (Å²) in [5.74, 6) is 0. The van der Waals surface area contributed by atoms with Crippen molar-refractivity contribution >= 4 is 12.6 Å². The normalized spacial score (nSPS) is 17.8. The molecular formula is C48H63BO2. The number of hydrogen-bond acceptors (Lipinski definition) is 2. The van der Waals surface area contributed by atoms with Gasteiger partial charge in [0.1, 0.15) is 0 Å². The van der Waals surface area contributed by atoms with Crippen LogP contribution in [0.3, 0.4) is 0 Å². The van der Waals surface area contributed by atoms with E-state index in [1.807, 2.05) is 6.92 Å². The van der Waals surface area contributed by atoms with Crippen LogP contribution in [0.5, 0.6) is 0 Å². The van der Waals surface area contributed by atoms with Crippen LogP contribution in [0.15, 0.2) is 72.8 Å². The van der Waals surface area contributed by atoms with Crippen molar-refractivity contribution in [1.82, 2.24) is 0 Å². The van der Waals surface area contributed by atoms with Crippen LogP contribution in [0, 0.1) is 6.92 Å². The number of unbranched alkanes of at least 4 members (excludes halogenated alkanes) is 6. The second-order valence-electron chi connectivity index (χ2n) is 16.4. The minimum Gasteiger partial charge on any atom is -0.423 e. The summed E-state index contributed by atoms with van der Waals surface area (Å²) >= 11 is 0. The van der Waals surface area contributed by atoms with Gasteiger partial charge < -0.3 is 9.68 Å². The van der Waals surface area contributed by atoms with E-state index in [1.54, 1.807) is 0 Å². The summed E-state index contributed by atoms with van der Waals surface area (Å²) in [4.78, 5) is 0. The van der Waals surface area contributed by atoms with E-state index in [9.17, 15) is 5.02 Å². The molecule has 0 aromatic heterocycles. The molecule has 0 fully saturated rings. The van der Waals surface area contributed by atoms with E-state index in [4.69, 9.17) is 4.65 Å². The zero-order chi connectivity index (χ0) is 36.4. The summed E-state index contributed by atoms with van der Waals surface area (Å²) in [7, 11) is -0.959. The molecule has 0 saturated carbocycles. The standard InChI is InChI=1S/C48H63BO2/c1-9-14-16-18-28-46(7,11-3)35-21-25-39-40-26-22-36(47(8,12-4)29-19-17-15-10-2)32-44(40)48(43(39)31-35)42-30-34(6)20-24-38(42)41-27-23-37(33-45(41)48)49(50)51-13-5/h20-27,30-33,50H,9-19,28-29H2,1-8H3. The van der Waals surface area contributed by atoms with Crippen LogP contribution in [0.4, 0.5) is 0 Å². The molecule has 0 heterocycles. The fourth-order valence-electron chi connectivity index (χ4n) is 9.45. The van der Waals surface area contributed by atoms with Gasteiger partial charge >= 0.3 is 7.12 Å². The lowest BCUT2D eigenvalue weighted by Gasteiger charge is -2.35. The summed E-state index contributed by atoms with van der Waals surface area (Å²) in [5, 5.41) is 11.2. The molecule has 6 rings (SSSR count). The summed E-state index contributed by atoms with van der Waals surface area (Å²) in [6.07, 6.45) is 14.9. The van der Waals surface area contributed by atoms with Gasteiger partial charge in [-0.25, -0.2) is 0 Å². The van der Waals surface area contributed by atoms with Gasteiger partial charge in [-0.3, -0.25) is 0 Å². The Labute approximate surface area is 310 Å². The van der Waals surface area contributed by atoms with Gasteiger partial charge in [-0.15, -0.1) is 0 Å². The molecule has 0 bridgehead atoms. The average Bonchev–Trinajstić information content (AvgIpc) is 3.60. The smallest absolute Gasteiger partial charge is 0.423 e. The zero-order valence-corrected chi connectivity index (χ0v) is 33.1. The molecule has 2 nitrogen and oxygen atoms in total. The largest absolute Gasteiger partial charge is 0.491 e. The van der Waals surface area contributed by atoms with Gasteiger partial charge in [-0.2, -0.15) is 0 Å². The molecule has 2 unspecified atom stereocenters. The number of aryl methyl sites for hydroxylation is 1. The van der Waals surface area contributed by atoms with Crippen molar-refractivity contribution in [3.63, 3.8) is 0 Å². The van der Waals surface area contributed by atoms with Crippen LogP contribution < -0.4 is 5.46 Å². The van der Waals surface area contributed by atoms with E-state index in [0.29, 0.717) is 6.61 Å². The van der Waals surface area contributed by atoms with E-state index in [-0.39, 0.29) is 10.8 Å². The molecule has 2 atom stereocenters. The first kappa shape index (κ1) is 37.6. The summed E-state index contributed by atoms with van der Waals surface area (Å²) in [6.45, 7) is 19.0. The van der Waals surface area contributed by atoms with Gasteiger partial charge in [0, 0.05) is 6.61 Å². The van der Waals surface area contributed by atoms with Crippen LogP contribution in [-0.2, 0) is 20.9 Å². The minimum absolute atomic E-state index is 0.104. The Kier molecular flexibility index (Phi) is 11.4. The molecule has 4 aromatic rings. The number of fused-ring (bicyclic) bond motifs is 10. The Bertz CT molecular complexity index is 1760. The fourth-order valence-corrected chi connectivity index (χ4v) is 9.45. The van der Waals surface area contributed by atoms with Gasteiger partial charge in [0.05, 0.1) is 5.41 Å². The Morgan fingerprint density at radius 3 is 1.49 bits per heavy atom. The molecule has 2 aliphatic carbocycles. The van der Waals surface area contributed by atoms with Gasteiger partial charge in [0.15, 0.2) is 0 Å². The Hall–Kier alpha value is -3.14. The predicted molar refractivity (Wildman–Crippen MR) is 220 cm³/mol. The molecule has 0 aliphatic heterocycles. The van der Waals surface area contributed by atoms with Crippen LogP contribution in [0.2, 0.25) is 0 Å². The van der Waals surface area contributed by atoms with Crippen molar-refractivity contribution in [2.24, 2.45) is 0 Å². The van der Waals surface area contributed by atoms with E-state index >= 15 is 0 Å². The first-order valence-corrected chi connectivity index (χ1v) is 20.5. The van der Waals surface area contributed by atoms with Gasteiger partial charge in [0.2, 0.25) is 0 Å². The molecule has 3 heteroatoms. The topological polar surface area (TPSA) is 29.5 Å². The quantitative estimate of drug-likeness (QED) is 0.0766. The van der Waals surface area contributed by atoms with Crippen molar-refractivity contribution in [1.29, 1.82) is 0 Å². The number of benzene rings is 4. The number of hydrogen-bond donors (Lipinski definition) is 1. The lowest BCUT2D eigenvalue weighted by atomic mass is 9.66. The SMILES string of the molecule is CCCCCCC(C)(CC)c1ccc2c(c1)C1(c3cc(C)ccc3-c3ccc(B(O)OCC)cc31)c1cc(C(C)(CC)CCCCCC)ccc1-2. The highest BCUT2D eigenvalue weighted by molar-refractivity contribution is 6.60. The molecule has 270 valence electrons. The first-order chi connectivity index (χ1) is 24.6. The summed E-state index contributed by atoms with van der Waals surface area (Å²) in [5.41, 5.74) is 15.4. The monoisotopic (exact) mass is 682 g/mol. The first-order valence-electron chi connectivity index (χ1n) is 20.5. The maximum atomic E-state index is 11.2. The van der Waals surface area contributed by atoms with Crippen LogP contribution >= 0.6 is 0 Å². The molecule has 0 radical (unpaired) electrons. The van der Waals surface area contributed by atoms with Gasteiger partial charge in [-0.05, 0) is 111 Å². The maximum absolute atomic E-state index is 11.2. The molecule has 51 heavy (non-hydrogen) atoms. The van der Waals surface area contributed by atoms with Gasteiger partial charge in [0.25, 0.3) is 0 Å². The lowest BCUT2D eigenvalue weighted by molar-refractivity contribution is 0.287. The van der Waals surface area contributed by atoms with Crippen molar-refractivity contribution in [2.45, 2.75) is 149 Å². The van der Waals surface area contributed by atoms with E-state index in [1.165, 1.54) is 125 Å². The molecular weight excluding hydrogens is 619 g/mol. The summed E-state index contributed by atoms with van der Waals surface area (Å²) < 4.78 is 5.80. The molecule has 2 aliphatic rings. The van der Waals surface area contributed by atoms with E-state index in [0.717, 1.165) is 18.3 Å². The van der Waals surface area contributed by atoms with Gasteiger partial charge in [-0.1, -0.05) is 171 Å². The Morgan fingerprint density at radius 2 is 1.02 bits per heavy atom. The third kappa shape index (κ3) is 6.57. The summed E-state index contributed by atoms with van der Waals surface area (Å²) in [6, 6.07) is 28.7. The van der Waals surface area contributed by atoms with Crippen LogP contribution in [-0.4, -0.2) is 18.7 Å². The highest BCUT2D eigenvalue weighted by Gasteiger charge is 2.53. The molecule has 0 saturated heterocycles. The second-order valence-corrected chi connectivity index (χ2v) is 16.4. The van der Waals surface area contributed by atoms with Crippen molar-refractivity contribution in [3.05, 3.63) is 112 Å². The van der Waals surface area contributed by atoms with Crippen molar-refractivity contribution in [3.8, 4) is 22.3 Å². The average molecular weight is 683 g/mol. The molecule has 1 N–H and O–H groups in total. The highest BCUT2D eigenvalue weighted by atomic mass is 16.5. The van der Waals surface area contributed by atoms with Crippen LogP contribution in [0.25, 0.3) is 22.3 Å². The number of rotatable bonds is 17. The lowest BCUT2D eigenvalue weighted by Crippen LogP contribution is -2.35.